The van der Waals surface area contributed by atoms with E-state index in [0.717, 1.165) is 0 Å². The third-order valence-electron chi connectivity index (χ3n) is 3.54. The van der Waals surface area contributed by atoms with Crippen LogP contribution in [-0.2, 0) is 28.6 Å². The van der Waals surface area contributed by atoms with Gasteiger partial charge in [0.15, 0.2) is 12.2 Å². The van der Waals surface area contributed by atoms with Crippen LogP contribution in [0.3, 0.4) is 0 Å². The number of esters is 1. The molecule has 138 valence electrons. The number of aliphatic hydroxyl groups is 3. The van der Waals surface area contributed by atoms with Crippen LogP contribution in [0.5, 0.6) is 0 Å². The van der Waals surface area contributed by atoms with E-state index in [9.17, 15) is 29.7 Å². The lowest BCUT2D eigenvalue weighted by Gasteiger charge is -2.39. The second-order valence-corrected chi connectivity index (χ2v) is 5.20. The smallest absolute Gasteiger partial charge is 0.317 e. The minimum atomic E-state index is -1.73. The Bertz CT molecular complexity index is 449. The van der Waals surface area contributed by atoms with E-state index in [-0.39, 0.29) is 0 Å². The minimum absolute atomic E-state index is 0.459. The number of carboxylic acid groups (broad SMARTS) is 2. The Balaban J connectivity index is 2.48. The maximum atomic E-state index is 11.6. The van der Waals surface area contributed by atoms with E-state index in [1.54, 1.807) is 0 Å². The van der Waals surface area contributed by atoms with Crippen LogP contribution in [0.15, 0.2) is 0 Å². The number of aliphatic carboxylic acids is 2. The molecule has 11 nitrogen and oxygen atoms in total. The molecule has 0 spiro atoms. The average molecular weight is 352 g/mol. The van der Waals surface area contributed by atoms with Crippen LogP contribution >= 0.6 is 0 Å². The van der Waals surface area contributed by atoms with Gasteiger partial charge in [-0.25, -0.2) is 0 Å². The number of methoxy groups -OCH3 is 1. The lowest BCUT2D eigenvalue weighted by Crippen LogP contribution is -2.59. The van der Waals surface area contributed by atoms with Crippen LogP contribution in [0.4, 0.5) is 0 Å². The second-order valence-electron chi connectivity index (χ2n) is 5.20. The molecule has 0 saturated carbocycles. The first-order chi connectivity index (χ1) is 11.2. The number of hydrogen-bond acceptors (Lipinski definition) is 9. The monoisotopic (exact) mass is 352 g/mol. The van der Waals surface area contributed by atoms with Crippen molar-refractivity contribution in [1.82, 2.24) is 0 Å². The van der Waals surface area contributed by atoms with Gasteiger partial charge in [0.1, 0.15) is 31.0 Å². The zero-order valence-corrected chi connectivity index (χ0v) is 12.8. The van der Waals surface area contributed by atoms with Gasteiger partial charge in [-0.05, 0) is 6.42 Å². The Kier molecular flexibility index (Phi) is 7.51. The van der Waals surface area contributed by atoms with Crippen LogP contribution in [0.1, 0.15) is 12.8 Å². The van der Waals surface area contributed by atoms with Gasteiger partial charge in [-0.15, -0.1) is 0 Å². The van der Waals surface area contributed by atoms with E-state index in [1.165, 1.54) is 7.11 Å². The largest absolute Gasteiger partial charge is 0.481 e. The molecule has 1 rings (SSSR count). The first-order valence-electron chi connectivity index (χ1n) is 7.02. The van der Waals surface area contributed by atoms with Gasteiger partial charge in [0, 0.05) is 13.5 Å². The first kappa shape index (κ1) is 20.3. The summed E-state index contributed by atoms with van der Waals surface area (Å²) in [6.07, 6.45) is -7.92. The maximum Gasteiger partial charge on any atom is 0.317 e. The van der Waals surface area contributed by atoms with Crippen molar-refractivity contribution < 1.29 is 54.1 Å². The highest BCUT2D eigenvalue weighted by atomic mass is 16.7. The van der Waals surface area contributed by atoms with Crippen LogP contribution in [0, 0.1) is 5.92 Å². The molecule has 0 bridgehead atoms. The molecule has 0 aromatic heterocycles. The summed E-state index contributed by atoms with van der Waals surface area (Å²) in [5, 5.41) is 46.4. The van der Waals surface area contributed by atoms with E-state index in [1.807, 2.05) is 0 Å². The van der Waals surface area contributed by atoms with Crippen LogP contribution in [0.2, 0.25) is 0 Å². The fourth-order valence-corrected chi connectivity index (χ4v) is 2.11. The van der Waals surface area contributed by atoms with Gasteiger partial charge in [-0.1, -0.05) is 0 Å². The quantitative estimate of drug-likeness (QED) is 0.231. The van der Waals surface area contributed by atoms with Gasteiger partial charge in [0.2, 0.25) is 0 Å². The molecule has 0 aliphatic carbocycles. The maximum absolute atomic E-state index is 11.6. The summed E-state index contributed by atoms with van der Waals surface area (Å²) < 4.78 is 14.7. The van der Waals surface area contributed by atoms with Crippen molar-refractivity contribution in [2.75, 3.05) is 13.7 Å². The molecule has 1 heterocycles. The summed E-state index contributed by atoms with van der Waals surface area (Å²) >= 11 is 0. The normalized spacial score (nSPS) is 30.1. The van der Waals surface area contributed by atoms with Crippen LogP contribution in [0.25, 0.3) is 0 Å². The van der Waals surface area contributed by atoms with Crippen molar-refractivity contribution in [3.63, 3.8) is 0 Å². The SMILES string of the molecule is CO[C@H]1O[C@H](COC(=O)CCC(C(=O)O)C(=O)O)[C@@H](O)[C@H](O)[C@@H]1O. The van der Waals surface area contributed by atoms with Crippen LogP contribution < -0.4 is 0 Å². The molecule has 1 aliphatic heterocycles. The second kappa shape index (κ2) is 8.89. The number of carbonyl (C=O) groups excluding carboxylic acids is 1. The fourth-order valence-electron chi connectivity index (χ4n) is 2.11. The zero-order chi connectivity index (χ0) is 18.4. The Morgan fingerprint density at radius 1 is 1.04 bits per heavy atom. The van der Waals surface area contributed by atoms with E-state index in [0.29, 0.717) is 0 Å². The standard InChI is InChI=1S/C13H20O11/c1-22-13-10(17)9(16)8(15)6(24-13)4-23-7(14)3-2-5(11(18)19)12(20)21/h5-6,8-10,13,15-17H,2-4H2,1H3,(H,18,19)(H,20,21)/t6-,8-,9+,10+,13+/m1/s1. The summed E-state index contributed by atoms with van der Waals surface area (Å²) in [5.41, 5.74) is 0. The summed E-state index contributed by atoms with van der Waals surface area (Å²) in [4.78, 5) is 32.9. The summed E-state index contributed by atoms with van der Waals surface area (Å²) in [7, 11) is 1.21. The van der Waals surface area contributed by atoms with E-state index < -0.39 is 74.0 Å². The number of carbonyl (C=O) groups is 3. The van der Waals surface area contributed by atoms with Crippen molar-refractivity contribution in [2.24, 2.45) is 5.92 Å². The average Bonchev–Trinajstić information content (AvgIpc) is 2.51. The third-order valence-corrected chi connectivity index (χ3v) is 3.54. The van der Waals surface area contributed by atoms with Gasteiger partial charge in [0.25, 0.3) is 0 Å². The molecule has 1 saturated heterocycles. The van der Waals surface area contributed by atoms with Gasteiger partial charge >= 0.3 is 17.9 Å². The van der Waals surface area contributed by atoms with E-state index in [2.05, 4.69) is 0 Å². The number of aliphatic hydroxyl groups excluding tert-OH is 3. The topological polar surface area (TPSA) is 180 Å². The Hall–Kier alpha value is -1.79. The molecular weight excluding hydrogens is 332 g/mol. The molecule has 1 fully saturated rings. The molecule has 24 heavy (non-hydrogen) atoms. The predicted octanol–water partition coefficient (Wildman–Crippen LogP) is -2.45. The lowest BCUT2D eigenvalue weighted by molar-refractivity contribution is -0.295. The molecule has 0 radical (unpaired) electrons. The molecule has 0 amide bonds. The highest BCUT2D eigenvalue weighted by Crippen LogP contribution is 2.22. The molecule has 5 N–H and O–H groups in total. The molecule has 1 aliphatic rings. The Labute approximate surface area is 136 Å². The van der Waals surface area contributed by atoms with Gasteiger partial charge < -0.3 is 39.7 Å². The first-order valence-corrected chi connectivity index (χ1v) is 7.02. The highest BCUT2D eigenvalue weighted by molar-refractivity contribution is 5.93. The molecule has 0 aromatic carbocycles. The highest BCUT2D eigenvalue weighted by Gasteiger charge is 2.44. The lowest BCUT2D eigenvalue weighted by atomic mass is 9.99. The minimum Gasteiger partial charge on any atom is -0.481 e. The van der Waals surface area contributed by atoms with Gasteiger partial charge in [0.05, 0.1) is 0 Å². The van der Waals surface area contributed by atoms with Gasteiger partial charge in [-0.3, -0.25) is 14.4 Å². The van der Waals surface area contributed by atoms with Crippen LogP contribution in [-0.4, -0.2) is 87.9 Å². The number of carboxylic acids is 2. The fraction of sp³-hybridized carbons (Fsp3) is 0.769. The van der Waals surface area contributed by atoms with Crippen molar-refractivity contribution in [3.05, 3.63) is 0 Å². The molecule has 0 aromatic rings. The molecule has 0 unspecified atom stereocenters. The Morgan fingerprint density at radius 3 is 2.12 bits per heavy atom. The predicted molar refractivity (Wildman–Crippen MR) is 72.6 cm³/mol. The van der Waals surface area contributed by atoms with E-state index >= 15 is 0 Å². The van der Waals surface area contributed by atoms with Crippen molar-refractivity contribution in [3.8, 4) is 0 Å². The third kappa shape index (κ3) is 5.11. The number of rotatable bonds is 8. The zero-order valence-electron chi connectivity index (χ0n) is 12.8. The summed E-state index contributed by atoms with van der Waals surface area (Å²) in [6.45, 7) is -0.492. The number of hydrogen-bond donors (Lipinski definition) is 5. The molecule has 11 heteroatoms. The van der Waals surface area contributed by atoms with Crippen molar-refractivity contribution >= 4 is 17.9 Å². The van der Waals surface area contributed by atoms with Crippen molar-refractivity contribution in [2.45, 2.75) is 43.5 Å². The Morgan fingerprint density at radius 2 is 1.62 bits per heavy atom. The van der Waals surface area contributed by atoms with Crippen molar-refractivity contribution in [1.29, 1.82) is 0 Å². The molecule has 5 atom stereocenters. The number of ether oxygens (including phenoxy) is 3. The molecular formula is C13H20O11. The van der Waals surface area contributed by atoms with Gasteiger partial charge in [-0.2, -0.15) is 0 Å². The summed E-state index contributed by atoms with van der Waals surface area (Å²) in [5.74, 6) is -5.76. The summed E-state index contributed by atoms with van der Waals surface area (Å²) in [6, 6.07) is 0. The van der Waals surface area contributed by atoms with E-state index in [4.69, 9.17) is 24.4 Å².